The summed E-state index contributed by atoms with van der Waals surface area (Å²) < 4.78 is 0. The van der Waals surface area contributed by atoms with Gasteiger partial charge >= 0.3 is 0 Å². The summed E-state index contributed by atoms with van der Waals surface area (Å²) in [6, 6.07) is 0. The summed E-state index contributed by atoms with van der Waals surface area (Å²) in [4.78, 5) is 0. The van der Waals surface area contributed by atoms with Crippen molar-refractivity contribution >= 4 is 15.9 Å². The van der Waals surface area contributed by atoms with Gasteiger partial charge in [0.1, 0.15) is 0 Å². The van der Waals surface area contributed by atoms with E-state index < -0.39 is 0 Å². The quantitative estimate of drug-likeness (QED) is 0.363. The standard InChI is InChI=1S/C8H13Br/c1-8(2)6-4-3-5-7-9/h4H,3,5,7H2,1-2H3. The second-order valence-electron chi connectivity index (χ2n) is 2.18. The smallest absolute Gasteiger partial charge is 0.00344 e. The van der Waals surface area contributed by atoms with Crippen molar-refractivity contribution in [2.45, 2.75) is 26.7 Å². The van der Waals surface area contributed by atoms with Gasteiger partial charge in [0.15, 0.2) is 0 Å². The molecular formula is C8H13Br. The first-order chi connectivity index (χ1) is 4.27. The summed E-state index contributed by atoms with van der Waals surface area (Å²) in [5.41, 5.74) is 4.41. The third-order valence-electron chi connectivity index (χ3n) is 0.873. The van der Waals surface area contributed by atoms with E-state index in [9.17, 15) is 0 Å². The lowest BCUT2D eigenvalue weighted by Gasteiger charge is -1.83. The lowest BCUT2D eigenvalue weighted by atomic mass is 10.3. The van der Waals surface area contributed by atoms with E-state index in [4.69, 9.17) is 0 Å². The van der Waals surface area contributed by atoms with Crippen LogP contribution in [0.4, 0.5) is 0 Å². The van der Waals surface area contributed by atoms with Gasteiger partial charge in [-0.15, -0.1) is 5.73 Å². The highest BCUT2D eigenvalue weighted by Crippen LogP contribution is 1.94. The van der Waals surface area contributed by atoms with Gasteiger partial charge in [0.05, 0.1) is 0 Å². The van der Waals surface area contributed by atoms with Gasteiger partial charge in [-0.1, -0.05) is 15.9 Å². The van der Waals surface area contributed by atoms with Crippen molar-refractivity contribution in [1.82, 2.24) is 0 Å². The predicted octanol–water partition coefficient (Wildman–Crippen LogP) is 3.28. The Hall–Kier alpha value is 0. The first kappa shape index (κ1) is 9.00. The van der Waals surface area contributed by atoms with Gasteiger partial charge in [-0.05, 0) is 38.3 Å². The van der Waals surface area contributed by atoms with Crippen LogP contribution in [0.15, 0.2) is 17.4 Å². The van der Waals surface area contributed by atoms with Crippen molar-refractivity contribution in [3.8, 4) is 0 Å². The molecule has 0 radical (unpaired) electrons. The number of allylic oxidation sites excluding steroid dienone is 1. The Morgan fingerprint density at radius 3 is 2.67 bits per heavy atom. The highest BCUT2D eigenvalue weighted by Gasteiger charge is 1.76. The molecule has 0 saturated heterocycles. The Balaban J connectivity index is 3.36. The van der Waals surface area contributed by atoms with Gasteiger partial charge < -0.3 is 0 Å². The molecule has 0 atom stereocenters. The van der Waals surface area contributed by atoms with Crippen LogP contribution in [0.5, 0.6) is 0 Å². The van der Waals surface area contributed by atoms with Crippen LogP contribution < -0.4 is 0 Å². The van der Waals surface area contributed by atoms with Crippen LogP contribution in [0.3, 0.4) is 0 Å². The highest BCUT2D eigenvalue weighted by atomic mass is 79.9. The van der Waals surface area contributed by atoms with E-state index >= 15 is 0 Å². The molecule has 0 saturated carbocycles. The number of hydrogen-bond donors (Lipinski definition) is 0. The molecule has 0 nitrogen and oxygen atoms in total. The predicted molar refractivity (Wildman–Crippen MR) is 46.0 cm³/mol. The maximum Gasteiger partial charge on any atom is 0.00344 e. The normalized spacial score (nSPS) is 8.33. The molecule has 0 aliphatic rings. The van der Waals surface area contributed by atoms with Crippen molar-refractivity contribution in [3.63, 3.8) is 0 Å². The van der Waals surface area contributed by atoms with Crippen LogP contribution in [0.2, 0.25) is 0 Å². The molecule has 9 heavy (non-hydrogen) atoms. The van der Waals surface area contributed by atoms with E-state index in [2.05, 4.69) is 41.6 Å². The Labute approximate surface area is 65.8 Å². The molecule has 0 bridgehead atoms. The minimum absolute atomic E-state index is 1.09. The molecule has 0 amide bonds. The van der Waals surface area contributed by atoms with Crippen LogP contribution in [-0.4, -0.2) is 5.33 Å². The summed E-state index contributed by atoms with van der Waals surface area (Å²) in [6.07, 6.45) is 4.44. The van der Waals surface area contributed by atoms with E-state index in [1.165, 1.54) is 12.0 Å². The molecule has 0 N–H and O–H groups in total. The van der Waals surface area contributed by atoms with Crippen molar-refractivity contribution < 1.29 is 0 Å². The first-order valence-electron chi connectivity index (χ1n) is 3.21. The molecule has 0 aliphatic heterocycles. The summed E-state index contributed by atoms with van der Waals surface area (Å²) >= 11 is 3.36. The van der Waals surface area contributed by atoms with Gasteiger partial charge in [0.25, 0.3) is 0 Å². The minimum Gasteiger partial charge on any atom is -0.127 e. The van der Waals surface area contributed by atoms with Crippen LogP contribution in [0.25, 0.3) is 0 Å². The zero-order valence-electron chi connectivity index (χ0n) is 6.08. The fourth-order valence-electron chi connectivity index (χ4n) is 0.456. The SMILES string of the molecule is CC(C)=C=CCCCBr. The summed E-state index contributed by atoms with van der Waals surface area (Å²) in [6.45, 7) is 4.12. The maximum atomic E-state index is 3.36. The van der Waals surface area contributed by atoms with E-state index in [0.717, 1.165) is 11.8 Å². The molecule has 1 heteroatoms. The average molecular weight is 189 g/mol. The van der Waals surface area contributed by atoms with Gasteiger partial charge in [-0.3, -0.25) is 0 Å². The highest BCUT2D eigenvalue weighted by molar-refractivity contribution is 9.09. The van der Waals surface area contributed by atoms with E-state index in [-0.39, 0.29) is 0 Å². The van der Waals surface area contributed by atoms with Crippen LogP contribution >= 0.6 is 15.9 Å². The van der Waals surface area contributed by atoms with Crippen LogP contribution in [-0.2, 0) is 0 Å². The second kappa shape index (κ2) is 6.12. The number of alkyl halides is 1. The number of halogens is 1. The summed E-state index contributed by atoms with van der Waals surface area (Å²) in [5.74, 6) is 0. The molecule has 52 valence electrons. The second-order valence-corrected chi connectivity index (χ2v) is 2.97. The Morgan fingerprint density at radius 2 is 2.22 bits per heavy atom. The van der Waals surface area contributed by atoms with Gasteiger partial charge in [-0.25, -0.2) is 0 Å². The van der Waals surface area contributed by atoms with E-state index in [0.29, 0.717) is 0 Å². The van der Waals surface area contributed by atoms with Crippen LogP contribution in [0.1, 0.15) is 26.7 Å². The monoisotopic (exact) mass is 188 g/mol. The maximum absolute atomic E-state index is 3.36. The Morgan fingerprint density at radius 1 is 1.56 bits per heavy atom. The average Bonchev–Trinajstić information content (AvgIpc) is 1.80. The third-order valence-corrected chi connectivity index (χ3v) is 1.43. The van der Waals surface area contributed by atoms with Gasteiger partial charge in [0.2, 0.25) is 0 Å². The number of unbranched alkanes of at least 4 members (excludes halogenated alkanes) is 1. The summed E-state index contributed by atoms with van der Waals surface area (Å²) in [5, 5.41) is 1.09. The molecule has 0 aromatic heterocycles. The third kappa shape index (κ3) is 8.00. The van der Waals surface area contributed by atoms with Crippen LogP contribution in [0, 0.1) is 0 Å². The molecule has 0 aromatic carbocycles. The molecule has 0 spiro atoms. The molecule has 0 heterocycles. The Bertz CT molecular complexity index is 115. The fraction of sp³-hybridized carbons (Fsp3) is 0.625. The number of hydrogen-bond acceptors (Lipinski definition) is 0. The number of rotatable bonds is 3. The van der Waals surface area contributed by atoms with Gasteiger partial charge in [0, 0.05) is 5.33 Å². The lowest BCUT2D eigenvalue weighted by Crippen LogP contribution is -1.68. The molecule has 0 fully saturated rings. The Kier molecular flexibility index (Phi) is 6.12. The zero-order valence-corrected chi connectivity index (χ0v) is 7.66. The molecule has 0 rings (SSSR count). The zero-order chi connectivity index (χ0) is 7.11. The first-order valence-corrected chi connectivity index (χ1v) is 4.34. The largest absolute Gasteiger partial charge is 0.127 e. The topological polar surface area (TPSA) is 0 Å². The van der Waals surface area contributed by atoms with Crippen molar-refractivity contribution in [1.29, 1.82) is 0 Å². The lowest BCUT2D eigenvalue weighted by molar-refractivity contribution is 0.979. The van der Waals surface area contributed by atoms with Crippen molar-refractivity contribution in [2.24, 2.45) is 0 Å². The van der Waals surface area contributed by atoms with E-state index in [1.54, 1.807) is 0 Å². The molecule has 0 aliphatic carbocycles. The fourth-order valence-corrected chi connectivity index (χ4v) is 0.779. The van der Waals surface area contributed by atoms with Gasteiger partial charge in [-0.2, -0.15) is 0 Å². The summed E-state index contributed by atoms with van der Waals surface area (Å²) in [7, 11) is 0. The molecule has 0 unspecified atom stereocenters. The van der Waals surface area contributed by atoms with Crippen molar-refractivity contribution in [3.05, 3.63) is 17.4 Å². The molecule has 0 aromatic rings. The molecular weight excluding hydrogens is 176 g/mol. The van der Waals surface area contributed by atoms with E-state index in [1.807, 2.05) is 0 Å². The van der Waals surface area contributed by atoms with Crippen molar-refractivity contribution in [2.75, 3.05) is 5.33 Å². The minimum atomic E-state index is 1.09.